The lowest BCUT2D eigenvalue weighted by Crippen LogP contribution is -2.14. The van der Waals surface area contributed by atoms with Crippen molar-refractivity contribution in [2.75, 3.05) is 11.1 Å². The van der Waals surface area contributed by atoms with Gasteiger partial charge in [0.05, 0.1) is 5.56 Å². The first-order chi connectivity index (χ1) is 8.99. The Labute approximate surface area is 121 Å². The molecule has 2 aromatic rings. The number of halogens is 1. The molecule has 0 aliphatic heterocycles. The molecule has 0 spiro atoms. The van der Waals surface area contributed by atoms with Gasteiger partial charge in [-0.15, -0.1) is 0 Å². The van der Waals surface area contributed by atoms with E-state index in [2.05, 4.69) is 21.2 Å². The zero-order valence-corrected chi connectivity index (χ0v) is 12.4. The van der Waals surface area contributed by atoms with Crippen molar-refractivity contribution in [1.82, 2.24) is 0 Å². The highest BCUT2D eigenvalue weighted by molar-refractivity contribution is 9.10. The number of anilines is 2. The Morgan fingerprint density at radius 2 is 1.95 bits per heavy atom. The van der Waals surface area contributed by atoms with Crippen LogP contribution in [0.2, 0.25) is 0 Å². The van der Waals surface area contributed by atoms with Crippen molar-refractivity contribution in [3.05, 3.63) is 57.6 Å². The van der Waals surface area contributed by atoms with Crippen molar-refractivity contribution >= 4 is 33.2 Å². The van der Waals surface area contributed by atoms with Crippen molar-refractivity contribution in [3.63, 3.8) is 0 Å². The molecule has 0 aliphatic carbocycles. The first kappa shape index (κ1) is 13.6. The molecule has 0 aliphatic rings. The maximum absolute atomic E-state index is 12.3. The Morgan fingerprint density at radius 1 is 1.21 bits per heavy atom. The van der Waals surface area contributed by atoms with Crippen LogP contribution in [0.3, 0.4) is 0 Å². The third-order valence-corrected chi connectivity index (χ3v) is 3.68. The third-order valence-electron chi connectivity index (χ3n) is 2.99. The van der Waals surface area contributed by atoms with Crippen LogP contribution in [0.15, 0.2) is 40.9 Å². The predicted molar refractivity (Wildman–Crippen MR) is 82.4 cm³/mol. The first-order valence-electron chi connectivity index (χ1n) is 5.91. The molecule has 4 heteroatoms. The topological polar surface area (TPSA) is 55.1 Å². The molecule has 3 N–H and O–H groups in total. The SMILES string of the molecule is Cc1ccc(Br)c(C(=O)Nc2cccc(N)c2C)c1. The number of nitrogens with two attached hydrogens (primary N) is 1. The summed E-state index contributed by atoms with van der Waals surface area (Å²) in [6.45, 7) is 3.84. The predicted octanol–water partition coefficient (Wildman–Crippen LogP) is 3.90. The molecular weight excluding hydrogens is 304 g/mol. The minimum atomic E-state index is -0.149. The average Bonchev–Trinajstić information content (AvgIpc) is 2.38. The molecule has 2 aromatic carbocycles. The number of carbonyl (C=O) groups is 1. The van der Waals surface area contributed by atoms with Gasteiger partial charge in [-0.3, -0.25) is 4.79 Å². The van der Waals surface area contributed by atoms with E-state index in [4.69, 9.17) is 5.73 Å². The Bertz CT molecular complexity index is 638. The maximum Gasteiger partial charge on any atom is 0.256 e. The number of hydrogen-bond donors (Lipinski definition) is 2. The van der Waals surface area contributed by atoms with Crippen LogP contribution in [-0.4, -0.2) is 5.91 Å². The van der Waals surface area contributed by atoms with Crippen LogP contribution in [0, 0.1) is 13.8 Å². The van der Waals surface area contributed by atoms with Gasteiger partial charge in [0.25, 0.3) is 5.91 Å². The second-order valence-electron chi connectivity index (χ2n) is 4.46. The summed E-state index contributed by atoms with van der Waals surface area (Å²) < 4.78 is 0.775. The highest BCUT2D eigenvalue weighted by Crippen LogP contribution is 2.23. The molecule has 0 bridgehead atoms. The van der Waals surface area contributed by atoms with E-state index in [1.165, 1.54) is 0 Å². The fourth-order valence-corrected chi connectivity index (χ4v) is 2.22. The molecule has 19 heavy (non-hydrogen) atoms. The number of carbonyl (C=O) groups excluding carboxylic acids is 1. The molecule has 0 saturated heterocycles. The van der Waals surface area contributed by atoms with Crippen LogP contribution in [0.5, 0.6) is 0 Å². The molecule has 2 rings (SSSR count). The summed E-state index contributed by atoms with van der Waals surface area (Å²) in [5.41, 5.74) is 9.76. The fraction of sp³-hybridized carbons (Fsp3) is 0.133. The van der Waals surface area contributed by atoms with Crippen LogP contribution in [0.25, 0.3) is 0 Å². The summed E-state index contributed by atoms with van der Waals surface area (Å²) in [6, 6.07) is 11.1. The highest BCUT2D eigenvalue weighted by Gasteiger charge is 2.12. The van der Waals surface area contributed by atoms with Crippen molar-refractivity contribution in [2.45, 2.75) is 13.8 Å². The van der Waals surface area contributed by atoms with Gasteiger partial charge < -0.3 is 11.1 Å². The summed E-state index contributed by atoms with van der Waals surface area (Å²) in [5.74, 6) is -0.149. The smallest absolute Gasteiger partial charge is 0.256 e. The van der Waals surface area contributed by atoms with Gasteiger partial charge in [-0.1, -0.05) is 17.7 Å². The number of hydrogen-bond acceptors (Lipinski definition) is 2. The van der Waals surface area contributed by atoms with E-state index in [1.807, 2.05) is 50.2 Å². The third kappa shape index (κ3) is 2.96. The van der Waals surface area contributed by atoms with Gasteiger partial charge in [-0.25, -0.2) is 0 Å². The zero-order valence-electron chi connectivity index (χ0n) is 10.8. The second-order valence-corrected chi connectivity index (χ2v) is 5.31. The molecule has 0 saturated carbocycles. The standard InChI is InChI=1S/C15H15BrN2O/c1-9-6-7-12(16)11(8-9)15(19)18-14-5-3-4-13(17)10(14)2/h3-8H,17H2,1-2H3,(H,18,19). The summed E-state index contributed by atoms with van der Waals surface area (Å²) in [4.78, 5) is 12.3. The van der Waals surface area contributed by atoms with E-state index < -0.39 is 0 Å². The lowest BCUT2D eigenvalue weighted by atomic mass is 10.1. The molecule has 0 radical (unpaired) electrons. The van der Waals surface area contributed by atoms with E-state index in [1.54, 1.807) is 0 Å². The summed E-state index contributed by atoms with van der Waals surface area (Å²) in [6.07, 6.45) is 0. The Morgan fingerprint density at radius 3 is 2.68 bits per heavy atom. The number of amides is 1. The van der Waals surface area contributed by atoms with Gasteiger partial charge in [0.1, 0.15) is 0 Å². The normalized spacial score (nSPS) is 10.3. The Kier molecular flexibility index (Phi) is 3.90. The first-order valence-corrected chi connectivity index (χ1v) is 6.71. The van der Waals surface area contributed by atoms with Gasteiger partial charge in [0.15, 0.2) is 0 Å². The van der Waals surface area contributed by atoms with Crippen LogP contribution < -0.4 is 11.1 Å². The molecule has 98 valence electrons. The Hall–Kier alpha value is -1.81. The molecule has 0 heterocycles. The quantitative estimate of drug-likeness (QED) is 0.825. The lowest BCUT2D eigenvalue weighted by molar-refractivity contribution is 0.102. The molecular formula is C15H15BrN2O. The minimum Gasteiger partial charge on any atom is -0.398 e. The zero-order chi connectivity index (χ0) is 14.0. The molecule has 0 aromatic heterocycles. The summed E-state index contributed by atoms with van der Waals surface area (Å²) in [5, 5.41) is 2.89. The molecule has 3 nitrogen and oxygen atoms in total. The van der Waals surface area contributed by atoms with Crippen LogP contribution in [0.4, 0.5) is 11.4 Å². The monoisotopic (exact) mass is 318 g/mol. The van der Waals surface area contributed by atoms with E-state index in [0.29, 0.717) is 11.3 Å². The maximum atomic E-state index is 12.3. The highest BCUT2D eigenvalue weighted by atomic mass is 79.9. The summed E-state index contributed by atoms with van der Waals surface area (Å²) in [7, 11) is 0. The van der Waals surface area contributed by atoms with Crippen LogP contribution in [0.1, 0.15) is 21.5 Å². The molecule has 0 atom stereocenters. The Balaban J connectivity index is 2.31. The summed E-state index contributed by atoms with van der Waals surface area (Å²) >= 11 is 3.39. The van der Waals surface area contributed by atoms with Gasteiger partial charge >= 0.3 is 0 Å². The number of rotatable bonds is 2. The van der Waals surface area contributed by atoms with Crippen molar-refractivity contribution in [3.8, 4) is 0 Å². The fourth-order valence-electron chi connectivity index (χ4n) is 1.79. The van der Waals surface area contributed by atoms with Gasteiger partial charge in [0.2, 0.25) is 0 Å². The van der Waals surface area contributed by atoms with Crippen LogP contribution in [-0.2, 0) is 0 Å². The van der Waals surface area contributed by atoms with E-state index in [9.17, 15) is 4.79 Å². The number of aryl methyl sites for hydroxylation is 1. The van der Waals surface area contributed by atoms with Crippen molar-refractivity contribution in [2.24, 2.45) is 0 Å². The number of benzene rings is 2. The van der Waals surface area contributed by atoms with Gasteiger partial charge in [0, 0.05) is 15.8 Å². The largest absolute Gasteiger partial charge is 0.398 e. The number of nitrogens with one attached hydrogen (secondary N) is 1. The lowest BCUT2D eigenvalue weighted by Gasteiger charge is -2.11. The van der Waals surface area contributed by atoms with E-state index in [0.717, 1.165) is 21.3 Å². The second kappa shape index (κ2) is 5.45. The van der Waals surface area contributed by atoms with Crippen LogP contribution >= 0.6 is 15.9 Å². The number of nitrogen functional groups attached to an aromatic ring is 1. The molecule has 0 unspecified atom stereocenters. The van der Waals surface area contributed by atoms with Crippen molar-refractivity contribution < 1.29 is 4.79 Å². The van der Waals surface area contributed by atoms with Gasteiger partial charge in [-0.2, -0.15) is 0 Å². The van der Waals surface area contributed by atoms with Crippen molar-refractivity contribution in [1.29, 1.82) is 0 Å². The molecule has 1 amide bonds. The molecule has 0 fully saturated rings. The average molecular weight is 319 g/mol. The van der Waals surface area contributed by atoms with E-state index in [-0.39, 0.29) is 5.91 Å². The van der Waals surface area contributed by atoms with E-state index >= 15 is 0 Å². The van der Waals surface area contributed by atoms with Gasteiger partial charge in [-0.05, 0) is 59.6 Å². The minimum absolute atomic E-state index is 0.149.